The number of alkyl halides is 2. The van der Waals surface area contributed by atoms with E-state index in [1.807, 2.05) is 0 Å². The Labute approximate surface area is 96.6 Å². The van der Waals surface area contributed by atoms with Gasteiger partial charge in [-0.1, -0.05) is 0 Å². The summed E-state index contributed by atoms with van der Waals surface area (Å²) in [4.78, 5) is 0. The van der Waals surface area contributed by atoms with Gasteiger partial charge >= 0.3 is 97.1 Å². The summed E-state index contributed by atoms with van der Waals surface area (Å²) in [5, 5.41) is 0. The predicted octanol–water partition coefficient (Wildman–Crippen LogP) is 3.70. The van der Waals surface area contributed by atoms with Crippen LogP contribution in [0.15, 0.2) is 0 Å². The Kier molecular flexibility index (Phi) is 11.7. The van der Waals surface area contributed by atoms with Crippen molar-refractivity contribution in [2.24, 2.45) is 0 Å². The molecule has 0 heterocycles. The van der Waals surface area contributed by atoms with Crippen LogP contribution < -0.4 is 0 Å². The Morgan fingerprint density at radius 1 is 1.00 bits per heavy atom. The molecule has 0 aliphatic heterocycles. The van der Waals surface area contributed by atoms with Gasteiger partial charge in [-0.25, -0.2) is 0 Å². The van der Waals surface area contributed by atoms with Crippen molar-refractivity contribution in [1.29, 1.82) is 0 Å². The minimum absolute atomic E-state index is 0.0578. The molecule has 0 unspecified atom stereocenters. The van der Waals surface area contributed by atoms with Crippen molar-refractivity contribution in [2.45, 2.75) is 52.7 Å². The molecule has 3 heteroatoms. The normalized spacial score (nSPS) is 12.0. The molecule has 74 valence electrons. The van der Waals surface area contributed by atoms with Gasteiger partial charge in [0.1, 0.15) is 0 Å². The van der Waals surface area contributed by atoms with Crippen molar-refractivity contribution < 1.29 is 0 Å². The minimum atomic E-state index is -0.735. The first-order valence-electron chi connectivity index (χ1n) is 5.05. The van der Waals surface area contributed by atoms with Gasteiger partial charge in [-0.3, -0.25) is 0 Å². The van der Waals surface area contributed by atoms with Crippen LogP contribution in [0.3, 0.4) is 0 Å². The van der Waals surface area contributed by atoms with Gasteiger partial charge in [0, 0.05) is 0 Å². The van der Waals surface area contributed by atoms with E-state index in [4.69, 9.17) is 23.2 Å². The number of hydrogen-bond donors (Lipinski definition) is 0. The summed E-state index contributed by atoms with van der Waals surface area (Å²) in [7, 11) is 0. The molecule has 0 spiro atoms. The van der Waals surface area contributed by atoms with E-state index in [9.17, 15) is 0 Å². The SMILES string of the molecule is CCCCCCC[CH2][SnH2][CH](Cl)Cl. The fourth-order valence-electron chi connectivity index (χ4n) is 1.26. The number of halogens is 2. The molecule has 0 aromatic heterocycles. The molecular formula is C9H20Cl2Sn. The zero-order valence-corrected chi connectivity index (χ0v) is 13.5. The maximum atomic E-state index is 5.70. The molecule has 12 heavy (non-hydrogen) atoms. The van der Waals surface area contributed by atoms with E-state index in [1.165, 1.54) is 43.0 Å². The van der Waals surface area contributed by atoms with Crippen molar-refractivity contribution in [3.8, 4) is 0 Å². The van der Waals surface area contributed by atoms with Crippen LogP contribution in [0.1, 0.15) is 45.4 Å². The van der Waals surface area contributed by atoms with Gasteiger partial charge in [0.25, 0.3) is 0 Å². The van der Waals surface area contributed by atoms with Crippen LogP contribution in [0.4, 0.5) is 0 Å². The summed E-state index contributed by atoms with van der Waals surface area (Å²) in [5.41, 5.74) is 0. The first-order chi connectivity index (χ1) is 5.77. The fraction of sp³-hybridized carbons (Fsp3) is 1.00. The Morgan fingerprint density at radius 2 is 1.58 bits per heavy atom. The summed E-state index contributed by atoms with van der Waals surface area (Å²) in [6.45, 7) is 2.25. The van der Waals surface area contributed by atoms with Gasteiger partial charge in [0.05, 0.1) is 0 Å². The molecule has 0 fully saturated rings. The number of unbranched alkanes of at least 4 members (excludes halogenated alkanes) is 5. The molecular weight excluding hydrogens is 298 g/mol. The molecule has 0 N–H and O–H groups in total. The summed E-state index contributed by atoms with van der Waals surface area (Å²) >= 11 is 10.7. The van der Waals surface area contributed by atoms with Crippen molar-refractivity contribution in [3.05, 3.63) is 0 Å². The molecule has 0 rings (SSSR count). The second-order valence-electron chi connectivity index (χ2n) is 3.30. The van der Waals surface area contributed by atoms with Crippen LogP contribution in [0.25, 0.3) is 0 Å². The van der Waals surface area contributed by atoms with E-state index in [0.29, 0.717) is 0 Å². The molecule has 0 nitrogen and oxygen atoms in total. The molecule has 0 aromatic carbocycles. The van der Waals surface area contributed by atoms with Crippen LogP contribution in [-0.2, 0) is 0 Å². The topological polar surface area (TPSA) is 0 Å². The Morgan fingerprint density at radius 3 is 2.17 bits per heavy atom. The van der Waals surface area contributed by atoms with Crippen LogP contribution in [0.5, 0.6) is 0 Å². The Balaban J connectivity index is 2.82. The summed E-state index contributed by atoms with van der Waals surface area (Å²) in [6.07, 6.45) is 8.35. The van der Waals surface area contributed by atoms with Gasteiger partial charge in [0.15, 0.2) is 0 Å². The summed E-state index contributed by atoms with van der Waals surface area (Å²) < 4.78 is 1.45. The maximum absolute atomic E-state index is 5.70. The van der Waals surface area contributed by atoms with Crippen LogP contribution >= 0.6 is 23.2 Å². The average molecular weight is 318 g/mol. The Bertz CT molecular complexity index is 86.6. The van der Waals surface area contributed by atoms with E-state index in [2.05, 4.69) is 6.92 Å². The quantitative estimate of drug-likeness (QED) is 0.364. The van der Waals surface area contributed by atoms with Gasteiger partial charge < -0.3 is 0 Å². The van der Waals surface area contributed by atoms with Crippen LogP contribution in [-0.4, -0.2) is 24.0 Å². The molecule has 0 saturated carbocycles. The zero-order chi connectivity index (χ0) is 9.23. The average Bonchev–Trinajstić information content (AvgIpc) is 2.02. The second-order valence-corrected chi connectivity index (χ2v) is 13.5. The molecule has 0 amide bonds. The Hall–Kier alpha value is 1.38. The molecule has 0 aromatic rings. The monoisotopic (exact) mass is 318 g/mol. The van der Waals surface area contributed by atoms with Crippen molar-refractivity contribution >= 4 is 44.3 Å². The van der Waals surface area contributed by atoms with Crippen molar-refractivity contribution in [3.63, 3.8) is 0 Å². The molecule has 0 radical (unpaired) electrons. The first-order valence-corrected chi connectivity index (χ1v) is 11.1. The second kappa shape index (κ2) is 10.5. The third-order valence-corrected chi connectivity index (χ3v) is 8.79. The van der Waals surface area contributed by atoms with E-state index < -0.39 is 21.1 Å². The molecule has 0 aliphatic carbocycles. The van der Waals surface area contributed by atoms with Crippen molar-refractivity contribution in [2.75, 3.05) is 0 Å². The van der Waals surface area contributed by atoms with E-state index in [-0.39, 0.29) is 2.85 Å². The van der Waals surface area contributed by atoms with Gasteiger partial charge in [0.2, 0.25) is 0 Å². The van der Waals surface area contributed by atoms with Crippen molar-refractivity contribution in [1.82, 2.24) is 0 Å². The standard InChI is InChI=1S/C8H17.CHCl2.Sn.2H/c1-3-5-7-8-6-4-2;2-1-3;;;/h1,3-8H2,2H3;1H;;;. The molecule has 0 aliphatic rings. The fourth-order valence-corrected chi connectivity index (χ4v) is 6.04. The van der Waals surface area contributed by atoms with Crippen LogP contribution in [0, 0.1) is 0 Å². The molecule has 0 saturated heterocycles. The molecule has 0 bridgehead atoms. The zero-order valence-electron chi connectivity index (χ0n) is 7.99. The summed E-state index contributed by atoms with van der Waals surface area (Å²) in [6, 6.07) is 0. The summed E-state index contributed by atoms with van der Waals surface area (Å²) in [5.74, 6) is 0. The van der Waals surface area contributed by atoms with Gasteiger partial charge in [-0.05, 0) is 0 Å². The third-order valence-electron chi connectivity index (χ3n) is 2.03. The number of hydrogen-bond acceptors (Lipinski definition) is 0. The number of rotatable bonds is 8. The molecule has 0 atom stereocenters. The van der Waals surface area contributed by atoms with Gasteiger partial charge in [-0.2, -0.15) is 0 Å². The van der Waals surface area contributed by atoms with Crippen LogP contribution in [0.2, 0.25) is 4.44 Å². The van der Waals surface area contributed by atoms with E-state index >= 15 is 0 Å². The first kappa shape index (κ1) is 13.4. The van der Waals surface area contributed by atoms with E-state index in [0.717, 1.165) is 0 Å². The van der Waals surface area contributed by atoms with Gasteiger partial charge in [-0.15, -0.1) is 0 Å². The third kappa shape index (κ3) is 11.4. The van der Waals surface area contributed by atoms with E-state index in [1.54, 1.807) is 0 Å². The predicted molar refractivity (Wildman–Crippen MR) is 62.2 cm³/mol.